The number of para-hydroxylation sites is 1. The molecule has 0 fully saturated rings. The fourth-order valence-electron chi connectivity index (χ4n) is 3.69. The number of aromatic nitrogens is 1. The van der Waals surface area contributed by atoms with Gasteiger partial charge < -0.3 is 10.4 Å². The molecular formula is C26H32N2O. The lowest BCUT2D eigenvalue weighted by molar-refractivity contribution is 0.477. The molecule has 2 N–H and O–H groups in total. The highest BCUT2D eigenvalue weighted by Gasteiger charge is 2.13. The number of hydrogen-bond acceptors (Lipinski definition) is 3. The monoisotopic (exact) mass is 388 g/mol. The van der Waals surface area contributed by atoms with Crippen LogP contribution in [0.25, 0.3) is 11.3 Å². The molecule has 3 nitrogen and oxygen atoms in total. The van der Waals surface area contributed by atoms with Gasteiger partial charge >= 0.3 is 0 Å². The second-order valence-corrected chi connectivity index (χ2v) is 8.33. The van der Waals surface area contributed by atoms with E-state index in [0.717, 1.165) is 35.5 Å². The molecule has 0 atom stereocenters. The quantitative estimate of drug-likeness (QED) is 0.475. The zero-order chi connectivity index (χ0) is 21.0. The molecule has 0 amide bonds. The molecule has 3 rings (SSSR count). The van der Waals surface area contributed by atoms with Crippen molar-refractivity contribution in [3.05, 3.63) is 77.0 Å². The Morgan fingerprint density at radius 2 is 1.55 bits per heavy atom. The van der Waals surface area contributed by atoms with Gasteiger partial charge in [0.05, 0.1) is 5.69 Å². The predicted octanol–water partition coefficient (Wildman–Crippen LogP) is 6.66. The molecule has 3 heteroatoms. The average molecular weight is 389 g/mol. The number of aryl methyl sites for hydroxylation is 1. The Hall–Kier alpha value is -2.81. The van der Waals surface area contributed by atoms with Crippen LogP contribution in [0.3, 0.4) is 0 Å². The van der Waals surface area contributed by atoms with Crippen molar-refractivity contribution in [3.8, 4) is 17.0 Å². The summed E-state index contributed by atoms with van der Waals surface area (Å²) >= 11 is 0. The van der Waals surface area contributed by atoms with Crippen molar-refractivity contribution in [1.82, 2.24) is 4.98 Å². The third-order valence-corrected chi connectivity index (χ3v) is 5.29. The zero-order valence-electron chi connectivity index (χ0n) is 18.2. The molecule has 0 saturated carbocycles. The Morgan fingerprint density at radius 3 is 2.21 bits per heavy atom. The molecule has 0 bridgehead atoms. The summed E-state index contributed by atoms with van der Waals surface area (Å²) in [7, 11) is 0. The first kappa shape index (κ1) is 20.9. The van der Waals surface area contributed by atoms with Gasteiger partial charge in [0.25, 0.3) is 0 Å². The molecule has 0 spiro atoms. The third-order valence-electron chi connectivity index (χ3n) is 5.29. The molecule has 3 aromatic rings. The maximum Gasteiger partial charge on any atom is 0.124 e. The number of phenolic OH excluding ortho intramolecular Hbond substituents is 1. The van der Waals surface area contributed by atoms with Gasteiger partial charge in [-0.15, -0.1) is 0 Å². The number of phenols is 1. The first-order valence-corrected chi connectivity index (χ1v) is 10.5. The molecule has 0 saturated heterocycles. The van der Waals surface area contributed by atoms with Crippen LogP contribution in [0.2, 0.25) is 0 Å². The van der Waals surface area contributed by atoms with Crippen molar-refractivity contribution < 1.29 is 5.11 Å². The molecule has 1 aromatic heterocycles. The van der Waals surface area contributed by atoms with Crippen molar-refractivity contribution in [2.24, 2.45) is 0 Å². The first-order chi connectivity index (χ1) is 13.9. The number of nitrogens with zero attached hydrogens (tertiary/aromatic N) is 1. The lowest BCUT2D eigenvalue weighted by Crippen LogP contribution is -2.11. The number of hydrogen-bond donors (Lipinski definition) is 2. The summed E-state index contributed by atoms with van der Waals surface area (Å²) in [6, 6.07) is 18.2. The van der Waals surface area contributed by atoms with E-state index in [1.807, 2.05) is 31.2 Å². The van der Waals surface area contributed by atoms with E-state index in [1.165, 1.54) is 16.8 Å². The minimum Gasteiger partial charge on any atom is -0.507 e. The van der Waals surface area contributed by atoms with Gasteiger partial charge in [-0.05, 0) is 54.2 Å². The van der Waals surface area contributed by atoms with E-state index in [9.17, 15) is 5.11 Å². The summed E-state index contributed by atoms with van der Waals surface area (Å²) in [5, 5.41) is 13.9. The lowest BCUT2D eigenvalue weighted by Gasteiger charge is -2.21. The van der Waals surface area contributed by atoms with E-state index in [-0.39, 0.29) is 5.75 Å². The standard InChI is InChI=1S/C26H32N2O/c1-17(2)21-9-7-10-22(18(3)4)26(21)27-15-14-20-8-6-11-24(28-20)23-16-19(5)12-13-25(23)29/h6-13,16-18,27,29H,14-15H2,1-5H3. The Bertz CT molecular complexity index is 950. The fourth-order valence-corrected chi connectivity index (χ4v) is 3.69. The zero-order valence-corrected chi connectivity index (χ0v) is 18.2. The molecule has 0 aliphatic carbocycles. The minimum absolute atomic E-state index is 0.269. The van der Waals surface area contributed by atoms with Crippen LogP contribution in [0.4, 0.5) is 5.69 Å². The summed E-state index contributed by atoms with van der Waals surface area (Å²) in [5.41, 5.74) is 7.72. The van der Waals surface area contributed by atoms with E-state index < -0.39 is 0 Å². The second-order valence-electron chi connectivity index (χ2n) is 8.33. The van der Waals surface area contributed by atoms with Gasteiger partial charge in [-0.25, -0.2) is 0 Å². The highest BCUT2D eigenvalue weighted by Crippen LogP contribution is 2.32. The van der Waals surface area contributed by atoms with Crippen molar-refractivity contribution in [2.45, 2.75) is 52.9 Å². The summed E-state index contributed by atoms with van der Waals surface area (Å²) in [4.78, 5) is 4.79. The van der Waals surface area contributed by atoms with Gasteiger partial charge in [0.2, 0.25) is 0 Å². The molecule has 0 aliphatic rings. The first-order valence-electron chi connectivity index (χ1n) is 10.5. The number of anilines is 1. The molecule has 2 aromatic carbocycles. The Kier molecular flexibility index (Phi) is 6.58. The van der Waals surface area contributed by atoms with E-state index in [2.05, 4.69) is 57.3 Å². The molecule has 1 heterocycles. The van der Waals surface area contributed by atoms with Gasteiger partial charge in [0.15, 0.2) is 0 Å². The molecule has 152 valence electrons. The fraction of sp³-hybridized carbons (Fsp3) is 0.346. The van der Waals surface area contributed by atoms with Gasteiger partial charge in [-0.3, -0.25) is 4.98 Å². The maximum atomic E-state index is 10.2. The normalized spacial score (nSPS) is 11.3. The van der Waals surface area contributed by atoms with Crippen molar-refractivity contribution >= 4 is 5.69 Å². The highest BCUT2D eigenvalue weighted by atomic mass is 16.3. The number of benzene rings is 2. The third kappa shape index (κ3) is 4.97. The summed E-state index contributed by atoms with van der Waals surface area (Å²) in [5.74, 6) is 1.22. The highest BCUT2D eigenvalue weighted by molar-refractivity contribution is 5.67. The van der Waals surface area contributed by atoms with E-state index in [1.54, 1.807) is 6.07 Å². The molecule has 0 radical (unpaired) electrons. The summed E-state index contributed by atoms with van der Waals surface area (Å²) in [6.45, 7) is 11.8. The molecule has 0 aliphatic heterocycles. The number of aromatic hydroxyl groups is 1. The largest absolute Gasteiger partial charge is 0.507 e. The van der Waals surface area contributed by atoms with Gasteiger partial charge in [-0.2, -0.15) is 0 Å². The van der Waals surface area contributed by atoms with E-state index >= 15 is 0 Å². The molecule has 0 unspecified atom stereocenters. The maximum absolute atomic E-state index is 10.2. The van der Waals surface area contributed by atoms with Crippen LogP contribution in [0, 0.1) is 6.92 Å². The topological polar surface area (TPSA) is 45.1 Å². The van der Waals surface area contributed by atoms with Crippen LogP contribution < -0.4 is 5.32 Å². The van der Waals surface area contributed by atoms with Crippen molar-refractivity contribution in [2.75, 3.05) is 11.9 Å². The van der Waals surface area contributed by atoms with Crippen molar-refractivity contribution in [3.63, 3.8) is 0 Å². The van der Waals surface area contributed by atoms with Gasteiger partial charge in [0.1, 0.15) is 5.75 Å². The molecular weight excluding hydrogens is 356 g/mol. The van der Waals surface area contributed by atoms with Crippen molar-refractivity contribution in [1.29, 1.82) is 0 Å². The van der Waals surface area contributed by atoms with Crippen LogP contribution in [-0.4, -0.2) is 16.6 Å². The molecule has 29 heavy (non-hydrogen) atoms. The Labute approximate surface area is 174 Å². The van der Waals surface area contributed by atoms with E-state index in [4.69, 9.17) is 4.98 Å². The predicted molar refractivity (Wildman–Crippen MR) is 123 cm³/mol. The summed E-state index contributed by atoms with van der Waals surface area (Å²) in [6.07, 6.45) is 0.824. The van der Waals surface area contributed by atoms with Gasteiger partial charge in [-0.1, -0.05) is 63.6 Å². The average Bonchev–Trinajstić information content (AvgIpc) is 2.69. The lowest BCUT2D eigenvalue weighted by atomic mass is 9.92. The smallest absolute Gasteiger partial charge is 0.124 e. The number of rotatable bonds is 7. The minimum atomic E-state index is 0.269. The summed E-state index contributed by atoms with van der Waals surface area (Å²) < 4.78 is 0. The second kappa shape index (κ2) is 9.13. The number of pyridine rings is 1. The van der Waals surface area contributed by atoms with Crippen LogP contribution in [0.15, 0.2) is 54.6 Å². The van der Waals surface area contributed by atoms with Crippen LogP contribution >= 0.6 is 0 Å². The van der Waals surface area contributed by atoms with Crippen LogP contribution in [0.5, 0.6) is 5.75 Å². The Balaban J connectivity index is 1.78. The van der Waals surface area contributed by atoms with E-state index in [0.29, 0.717) is 11.8 Å². The van der Waals surface area contributed by atoms with Crippen LogP contribution in [-0.2, 0) is 6.42 Å². The Morgan fingerprint density at radius 1 is 0.897 bits per heavy atom. The SMILES string of the molecule is Cc1ccc(O)c(-c2cccc(CCNc3c(C(C)C)cccc3C(C)C)n2)c1. The van der Waals surface area contributed by atoms with Gasteiger partial charge in [0, 0.05) is 29.9 Å². The number of nitrogens with one attached hydrogen (secondary N) is 1. The van der Waals surface area contributed by atoms with Crippen LogP contribution in [0.1, 0.15) is 61.9 Å².